The lowest BCUT2D eigenvalue weighted by Gasteiger charge is -2.37. The molecule has 0 unspecified atom stereocenters. The summed E-state index contributed by atoms with van der Waals surface area (Å²) >= 11 is 3.37. The van der Waals surface area contributed by atoms with Crippen molar-refractivity contribution in [1.82, 2.24) is 0 Å². The molecular weight excluding hydrogens is 256 g/mol. The van der Waals surface area contributed by atoms with Gasteiger partial charge in [0.05, 0.1) is 5.41 Å². The summed E-state index contributed by atoms with van der Waals surface area (Å²) in [7, 11) is 0. The Kier molecular flexibility index (Phi) is 2.83. The van der Waals surface area contributed by atoms with Gasteiger partial charge in [-0.3, -0.25) is 4.79 Å². The molecule has 0 heterocycles. The second-order valence-electron chi connectivity index (χ2n) is 4.24. The van der Waals surface area contributed by atoms with Crippen molar-refractivity contribution in [3.63, 3.8) is 0 Å². The van der Waals surface area contributed by atoms with E-state index in [9.17, 15) is 9.90 Å². The summed E-state index contributed by atoms with van der Waals surface area (Å²) in [4.78, 5) is 11.2. The first-order chi connectivity index (χ1) is 7.12. The molecule has 1 aliphatic carbocycles. The van der Waals surface area contributed by atoms with Crippen LogP contribution in [0.15, 0.2) is 28.7 Å². The van der Waals surface area contributed by atoms with Gasteiger partial charge in [-0.05, 0) is 37.0 Å². The predicted octanol–water partition coefficient (Wildman–Crippen LogP) is 3.25. The molecule has 1 aromatic carbocycles. The van der Waals surface area contributed by atoms with Gasteiger partial charge in [0, 0.05) is 4.47 Å². The molecule has 0 amide bonds. The van der Waals surface area contributed by atoms with Gasteiger partial charge in [-0.1, -0.05) is 34.5 Å². The Hall–Kier alpha value is -0.830. The van der Waals surface area contributed by atoms with Crippen molar-refractivity contribution < 1.29 is 9.90 Å². The van der Waals surface area contributed by atoms with Crippen LogP contribution in [0.1, 0.15) is 24.8 Å². The van der Waals surface area contributed by atoms with Crippen LogP contribution in [0.2, 0.25) is 0 Å². The molecule has 0 radical (unpaired) electrons. The van der Waals surface area contributed by atoms with Gasteiger partial charge in [0.2, 0.25) is 0 Å². The van der Waals surface area contributed by atoms with Gasteiger partial charge in [0.15, 0.2) is 0 Å². The highest BCUT2D eigenvalue weighted by Gasteiger charge is 2.44. The van der Waals surface area contributed by atoms with E-state index in [0.717, 1.165) is 29.3 Å². The van der Waals surface area contributed by atoms with Crippen LogP contribution in [-0.2, 0) is 11.2 Å². The van der Waals surface area contributed by atoms with Crippen molar-refractivity contribution in [2.45, 2.75) is 25.7 Å². The summed E-state index contributed by atoms with van der Waals surface area (Å²) in [6.07, 6.45) is 3.34. The maximum atomic E-state index is 11.2. The molecule has 1 N–H and O–H groups in total. The number of carboxylic acids is 1. The predicted molar refractivity (Wildman–Crippen MR) is 61.8 cm³/mol. The van der Waals surface area contributed by atoms with Gasteiger partial charge < -0.3 is 5.11 Å². The number of benzene rings is 1. The van der Waals surface area contributed by atoms with Crippen LogP contribution in [0.5, 0.6) is 0 Å². The third-order valence-electron chi connectivity index (χ3n) is 3.22. The van der Waals surface area contributed by atoms with Crippen LogP contribution in [0.25, 0.3) is 0 Å². The van der Waals surface area contributed by atoms with Crippen LogP contribution < -0.4 is 0 Å². The monoisotopic (exact) mass is 268 g/mol. The molecule has 0 saturated heterocycles. The van der Waals surface area contributed by atoms with Crippen LogP contribution >= 0.6 is 15.9 Å². The van der Waals surface area contributed by atoms with Crippen molar-refractivity contribution >= 4 is 21.9 Å². The summed E-state index contributed by atoms with van der Waals surface area (Å²) in [6.45, 7) is 0. The number of carboxylic acid groups (broad SMARTS) is 1. The molecule has 80 valence electrons. The standard InChI is InChI=1S/C12H13BrO2/c13-10-4-2-9(3-5-10)8-12(11(14)15)6-1-7-12/h2-5H,1,6-8H2,(H,14,15). The zero-order valence-electron chi connectivity index (χ0n) is 8.37. The average Bonchev–Trinajstić information content (AvgIpc) is 2.13. The number of hydrogen-bond acceptors (Lipinski definition) is 1. The summed E-state index contributed by atoms with van der Waals surface area (Å²) in [6, 6.07) is 7.91. The minimum atomic E-state index is -0.642. The smallest absolute Gasteiger partial charge is 0.309 e. The first-order valence-electron chi connectivity index (χ1n) is 5.10. The van der Waals surface area contributed by atoms with E-state index in [1.807, 2.05) is 24.3 Å². The first kappa shape index (κ1) is 10.7. The Morgan fingerprint density at radius 2 is 1.93 bits per heavy atom. The molecule has 0 atom stereocenters. The average molecular weight is 269 g/mol. The minimum absolute atomic E-state index is 0.478. The van der Waals surface area contributed by atoms with Crippen molar-refractivity contribution in [3.8, 4) is 0 Å². The highest BCUT2D eigenvalue weighted by molar-refractivity contribution is 9.10. The van der Waals surface area contributed by atoms with Gasteiger partial charge in [0.25, 0.3) is 0 Å². The summed E-state index contributed by atoms with van der Waals surface area (Å²) < 4.78 is 1.03. The van der Waals surface area contributed by atoms with E-state index in [-0.39, 0.29) is 0 Å². The lowest BCUT2D eigenvalue weighted by atomic mass is 9.65. The van der Waals surface area contributed by atoms with Crippen molar-refractivity contribution in [3.05, 3.63) is 34.3 Å². The van der Waals surface area contributed by atoms with E-state index < -0.39 is 11.4 Å². The minimum Gasteiger partial charge on any atom is -0.481 e. The Morgan fingerprint density at radius 3 is 2.33 bits per heavy atom. The maximum Gasteiger partial charge on any atom is 0.309 e. The molecule has 1 fully saturated rings. The van der Waals surface area contributed by atoms with Crippen LogP contribution in [0.4, 0.5) is 0 Å². The largest absolute Gasteiger partial charge is 0.481 e. The normalized spacial score (nSPS) is 18.2. The zero-order valence-corrected chi connectivity index (χ0v) is 9.96. The molecule has 0 spiro atoms. The molecule has 1 saturated carbocycles. The number of carbonyl (C=O) groups is 1. The third kappa shape index (κ3) is 2.07. The second kappa shape index (κ2) is 3.97. The van der Waals surface area contributed by atoms with E-state index in [0.29, 0.717) is 6.42 Å². The summed E-state index contributed by atoms with van der Waals surface area (Å²) in [5, 5.41) is 9.19. The van der Waals surface area contributed by atoms with Crippen molar-refractivity contribution in [2.75, 3.05) is 0 Å². The fourth-order valence-electron chi connectivity index (χ4n) is 2.06. The van der Waals surface area contributed by atoms with Gasteiger partial charge in [-0.25, -0.2) is 0 Å². The molecular formula is C12H13BrO2. The van der Waals surface area contributed by atoms with Gasteiger partial charge >= 0.3 is 5.97 Å². The van der Waals surface area contributed by atoms with E-state index >= 15 is 0 Å². The highest BCUT2D eigenvalue weighted by atomic mass is 79.9. The number of rotatable bonds is 3. The van der Waals surface area contributed by atoms with E-state index in [4.69, 9.17) is 0 Å². The van der Waals surface area contributed by atoms with Crippen LogP contribution in [0.3, 0.4) is 0 Å². The SMILES string of the molecule is O=C(O)C1(Cc2ccc(Br)cc2)CCC1. The van der Waals surface area contributed by atoms with Gasteiger partial charge in [0.1, 0.15) is 0 Å². The number of aliphatic carboxylic acids is 1. The molecule has 0 aromatic heterocycles. The Balaban J connectivity index is 2.13. The third-order valence-corrected chi connectivity index (χ3v) is 3.75. The van der Waals surface area contributed by atoms with Gasteiger partial charge in [-0.15, -0.1) is 0 Å². The molecule has 2 rings (SSSR count). The van der Waals surface area contributed by atoms with Crippen molar-refractivity contribution in [1.29, 1.82) is 0 Å². The Labute approximate surface area is 97.4 Å². The van der Waals surface area contributed by atoms with E-state index in [1.165, 1.54) is 0 Å². The molecule has 3 heteroatoms. The Bertz CT molecular complexity index is 366. The lowest BCUT2D eigenvalue weighted by molar-refractivity contribution is -0.154. The lowest BCUT2D eigenvalue weighted by Crippen LogP contribution is -2.39. The molecule has 0 aliphatic heterocycles. The van der Waals surface area contributed by atoms with Crippen LogP contribution in [-0.4, -0.2) is 11.1 Å². The molecule has 1 aliphatic rings. The summed E-state index contributed by atoms with van der Waals surface area (Å²) in [5.41, 5.74) is 0.633. The molecule has 15 heavy (non-hydrogen) atoms. The number of halogens is 1. The van der Waals surface area contributed by atoms with Crippen LogP contribution in [0, 0.1) is 5.41 Å². The first-order valence-corrected chi connectivity index (χ1v) is 5.90. The zero-order chi connectivity index (χ0) is 10.9. The maximum absolute atomic E-state index is 11.2. The van der Waals surface area contributed by atoms with E-state index in [2.05, 4.69) is 15.9 Å². The molecule has 0 bridgehead atoms. The highest BCUT2D eigenvalue weighted by Crippen LogP contribution is 2.43. The fraction of sp³-hybridized carbons (Fsp3) is 0.417. The number of hydrogen-bond donors (Lipinski definition) is 1. The molecule has 2 nitrogen and oxygen atoms in total. The summed E-state index contributed by atoms with van der Waals surface area (Å²) in [5.74, 6) is -0.642. The van der Waals surface area contributed by atoms with Crippen molar-refractivity contribution in [2.24, 2.45) is 5.41 Å². The Morgan fingerprint density at radius 1 is 1.33 bits per heavy atom. The fourth-order valence-corrected chi connectivity index (χ4v) is 2.33. The quantitative estimate of drug-likeness (QED) is 0.914. The molecule has 1 aromatic rings. The van der Waals surface area contributed by atoms with E-state index in [1.54, 1.807) is 0 Å². The topological polar surface area (TPSA) is 37.3 Å². The van der Waals surface area contributed by atoms with Gasteiger partial charge in [-0.2, -0.15) is 0 Å². The second-order valence-corrected chi connectivity index (χ2v) is 5.16.